The molecule has 2 unspecified atom stereocenters. The van der Waals surface area contributed by atoms with Crippen molar-refractivity contribution >= 4 is 17.0 Å². The fourth-order valence-corrected chi connectivity index (χ4v) is 5.27. The van der Waals surface area contributed by atoms with E-state index in [1.54, 1.807) is 16.0 Å². The summed E-state index contributed by atoms with van der Waals surface area (Å²) in [5, 5.41) is 2.16. The van der Waals surface area contributed by atoms with E-state index in [0.717, 1.165) is 16.2 Å². The molecule has 1 aliphatic carbocycles. The van der Waals surface area contributed by atoms with Gasteiger partial charge in [0.05, 0.1) is 11.4 Å². The lowest BCUT2D eigenvalue weighted by molar-refractivity contribution is 0.251. The number of aryl methyl sites for hydroxylation is 1. The maximum atomic E-state index is 13.2. The zero-order valence-corrected chi connectivity index (χ0v) is 17.9. The lowest BCUT2D eigenvalue weighted by Gasteiger charge is -2.30. The highest BCUT2D eigenvalue weighted by molar-refractivity contribution is 7.07. The molecule has 6 heteroatoms. The van der Waals surface area contributed by atoms with Gasteiger partial charge in [0, 0.05) is 24.2 Å². The lowest BCUT2D eigenvalue weighted by atomic mass is 9.85. The summed E-state index contributed by atoms with van der Waals surface area (Å²) in [5.74, 6) is 0.638. The van der Waals surface area contributed by atoms with Gasteiger partial charge in [-0.25, -0.2) is 9.67 Å². The Kier molecular flexibility index (Phi) is 5.15. The van der Waals surface area contributed by atoms with Gasteiger partial charge in [0.1, 0.15) is 0 Å². The van der Waals surface area contributed by atoms with Crippen molar-refractivity contribution < 1.29 is 0 Å². The number of nitrogens with zero attached hydrogens (tertiary/aromatic N) is 4. The number of rotatable bonds is 3. The number of para-hydroxylation sites is 1. The average Bonchev–Trinajstić information content (AvgIpc) is 3.16. The molecule has 0 N–H and O–H groups in total. The molecule has 0 aliphatic heterocycles. The Morgan fingerprint density at radius 2 is 1.82 bits per heavy atom. The molecule has 1 saturated carbocycles. The molecule has 0 amide bonds. The van der Waals surface area contributed by atoms with Crippen molar-refractivity contribution in [2.45, 2.75) is 52.5 Å². The Balaban J connectivity index is 1.87. The molecule has 5 nitrogen and oxygen atoms in total. The topological polar surface area (TPSA) is 44.2 Å². The second-order valence-corrected chi connectivity index (χ2v) is 8.72. The van der Waals surface area contributed by atoms with Crippen LogP contribution in [0.3, 0.4) is 0 Å². The molecule has 0 saturated heterocycles. The summed E-state index contributed by atoms with van der Waals surface area (Å²) < 4.78 is 5.96. The first kappa shape index (κ1) is 19.0. The van der Waals surface area contributed by atoms with Crippen LogP contribution in [0, 0.1) is 19.8 Å². The van der Waals surface area contributed by atoms with Crippen molar-refractivity contribution in [2.24, 2.45) is 18.0 Å². The third-order valence-corrected chi connectivity index (χ3v) is 7.01. The SMILES string of the molecule is Cc1csc(=Nc2c(C)n(C)n(-c3ccccc3)c2=O)n1C1CCCCC1C. The molecule has 1 fully saturated rings. The van der Waals surface area contributed by atoms with Crippen LogP contribution in [0.25, 0.3) is 5.69 Å². The average molecular weight is 397 g/mol. The molecule has 2 atom stereocenters. The van der Waals surface area contributed by atoms with Crippen molar-refractivity contribution in [3.05, 3.63) is 62.3 Å². The number of aromatic nitrogens is 3. The molecule has 1 aromatic carbocycles. The molecule has 2 aromatic heterocycles. The van der Waals surface area contributed by atoms with Gasteiger partial charge in [0.25, 0.3) is 5.56 Å². The van der Waals surface area contributed by atoms with Gasteiger partial charge in [0.2, 0.25) is 0 Å². The second kappa shape index (κ2) is 7.59. The van der Waals surface area contributed by atoms with Crippen molar-refractivity contribution in [2.75, 3.05) is 0 Å². The molecular formula is C22H28N4OS. The van der Waals surface area contributed by atoms with Crippen LogP contribution in [-0.2, 0) is 7.05 Å². The Bertz CT molecular complexity index is 1100. The van der Waals surface area contributed by atoms with E-state index in [1.165, 1.54) is 31.4 Å². The normalized spacial score (nSPS) is 20.6. The summed E-state index contributed by atoms with van der Waals surface area (Å²) in [6.07, 6.45) is 5.03. The molecule has 0 spiro atoms. The standard InChI is InChI=1S/C22H28N4OS/c1-15-10-8-9-13-19(15)25-16(2)14-28-22(25)23-20-17(3)24(4)26(21(20)27)18-11-6-5-7-12-18/h5-7,11-12,14-15,19H,8-10,13H2,1-4H3. The van der Waals surface area contributed by atoms with E-state index in [4.69, 9.17) is 4.99 Å². The minimum absolute atomic E-state index is 0.0690. The minimum atomic E-state index is -0.0690. The third-order valence-electron chi connectivity index (χ3n) is 6.05. The molecule has 0 bridgehead atoms. The zero-order valence-electron chi connectivity index (χ0n) is 17.1. The van der Waals surface area contributed by atoms with Crippen molar-refractivity contribution in [1.82, 2.24) is 13.9 Å². The van der Waals surface area contributed by atoms with Crippen LogP contribution in [0.5, 0.6) is 0 Å². The molecule has 1 aliphatic rings. The van der Waals surface area contributed by atoms with Crippen LogP contribution in [0.2, 0.25) is 0 Å². The highest BCUT2D eigenvalue weighted by Crippen LogP contribution is 2.33. The van der Waals surface area contributed by atoms with E-state index < -0.39 is 0 Å². The van der Waals surface area contributed by atoms with Crippen LogP contribution < -0.4 is 10.4 Å². The van der Waals surface area contributed by atoms with Crippen LogP contribution in [0.1, 0.15) is 50.0 Å². The van der Waals surface area contributed by atoms with E-state index >= 15 is 0 Å². The number of hydrogen-bond donors (Lipinski definition) is 0. The van der Waals surface area contributed by atoms with Gasteiger partial charge in [-0.3, -0.25) is 9.48 Å². The fourth-order valence-electron chi connectivity index (χ4n) is 4.34. The summed E-state index contributed by atoms with van der Waals surface area (Å²) in [7, 11) is 1.92. The smallest absolute Gasteiger partial charge is 0.297 e. The highest BCUT2D eigenvalue weighted by Gasteiger charge is 2.25. The molecule has 148 valence electrons. The summed E-state index contributed by atoms with van der Waals surface area (Å²) in [4.78, 5) is 19.1. The van der Waals surface area contributed by atoms with E-state index in [9.17, 15) is 4.79 Å². The van der Waals surface area contributed by atoms with Gasteiger partial charge in [-0.05, 0) is 44.7 Å². The van der Waals surface area contributed by atoms with Crippen molar-refractivity contribution in [3.8, 4) is 5.69 Å². The molecular weight excluding hydrogens is 368 g/mol. The first-order valence-electron chi connectivity index (χ1n) is 10.0. The van der Waals surface area contributed by atoms with Gasteiger partial charge in [-0.15, -0.1) is 11.3 Å². The first-order chi connectivity index (χ1) is 13.5. The fraction of sp³-hybridized carbons (Fsp3) is 0.455. The van der Waals surface area contributed by atoms with E-state index in [0.29, 0.717) is 17.6 Å². The largest absolute Gasteiger partial charge is 0.318 e. The Morgan fingerprint density at radius 3 is 2.54 bits per heavy atom. The zero-order chi connectivity index (χ0) is 19.8. The van der Waals surface area contributed by atoms with Crippen molar-refractivity contribution in [1.29, 1.82) is 0 Å². The summed E-state index contributed by atoms with van der Waals surface area (Å²) in [6.45, 7) is 6.46. The first-order valence-corrected chi connectivity index (χ1v) is 10.9. The minimum Gasteiger partial charge on any atom is -0.318 e. The molecule has 2 heterocycles. The van der Waals surface area contributed by atoms with Gasteiger partial charge in [-0.2, -0.15) is 0 Å². The van der Waals surface area contributed by atoms with Crippen LogP contribution in [-0.4, -0.2) is 13.9 Å². The van der Waals surface area contributed by atoms with Crippen molar-refractivity contribution in [3.63, 3.8) is 0 Å². The van der Waals surface area contributed by atoms with E-state index in [2.05, 4.69) is 23.8 Å². The maximum Gasteiger partial charge on any atom is 0.297 e. The van der Waals surface area contributed by atoms with E-state index in [-0.39, 0.29) is 5.56 Å². The summed E-state index contributed by atoms with van der Waals surface area (Å²) >= 11 is 1.63. The van der Waals surface area contributed by atoms with Gasteiger partial charge in [0.15, 0.2) is 10.5 Å². The van der Waals surface area contributed by atoms with Gasteiger partial charge >= 0.3 is 0 Å². The van der Waals surface area contributed by atoms with Gasteiger partial charge < -0.3 is 4.57 Å². The number of thiazole rings is 1. The Labute approximate surface area is 169 Å². The third kappa shape index (κ3) is 3.20. The molecule has 0 radical (unpaired) electrons. The van der Waals surface area contributed by atoms with Crippen LogP contribution >= 0.6 is 11.3 Å². The van der Waals surface area contributed by atoms with Crippen LogP contribution in [0.4, 0.5) is 5.69 Å². The number of benzene rings is 1. The predicted molar refractivity (Wildman–Crippen MR) is 115 cm³/mol. The lowest BCUT2D eigenvalue weighted by Crippen LogP contribution is -2.29. The predicted octanol–water partition coefficient (Wildman–Crippen LogP) is 4.64. The summed E-state index contributed by atoms with van der Waals surface area (Å²) in [5.41, 5.74) is 3.43. The Morgan fingerprint density at radius 1 is 1.11 bits per heavy atom. The molecule has 28 heavy (non-hydrogen) atoms. The van der Waals surface area contributed by atoms with E-state index in [1.807, 2.05) is 49.0 Å². The molecule has 3 aromatic rings. The Hall–Kier alpha value is -2.34. The number of hydrogen-bond acceptors (Lipinski definition) is 3. The monoisotopic (exact) mass is 396 g/mol. The maximum absolute atomic E-state index is 13.2. The summed E-state index contributed by atoms with van der Waals surface area (Å²) in [6, 6.07) is 10.2. The molecule has 4 rings (SSSR count). The highest BCUT2D eigenvalue weighted by atomic mass is 32.1. The quantitative estimate of drug-likeness (QED) is 0.636. The second-order valence-electron chi connectivity index (χ2n) is 7.88. The van der Waals surface area contributed by atoms with Gasteiger partial charge in [-0.1, -0.05) is 38.0 Å². The van der Waals surface area contributed by atoms with Crippen LogP contribution in [0.15, 0.2) is 45.5 Å².